The molecule has 0 saturated heterocycles. The maximum absolute atomic E-state index is 14.6. The number of carbonyl (C=O) groups excluding carboxylic acids is 1. The van der Waals surface area contributed by atoms with Crippen molar-refractivity contribution in [1.29, 1.82) is 0 Å². The van der Waals surface area contributed by atoms with Gasteiger partial charge in [0.2, 0.25) is 0 Å². The van der Waals surface area contributed by atoms with Crippen LogP contribution in [0.3, 0.4) is 0 Å². The van der Waals surface area contributed by atoms with Crippen molar-refractivity contribution in [2.24, 2.45) is 11.3 Å². The molecule has 1 aliphatic carbocycles. The predicted octanol–water partition coefficient (Wildman–Crippen LogP) is 5.93. The third-order valence-corrected chi connectivity index (χ3v) is 6.78. The molecule has 7 heteroatoms. The Kier molecular flexibility index (Phi) is 5.44. The first-order chi connectivity index (χ1) is 15.0. The number of pyridine rings is 1. The number of hydrogen-bond donors (Lipinski definition) is 0. The Bertz CT molecular complexity index is 1150. The minimum Gasteiger partial charge on any atom is -0.356 e. The maximum atomic E-state index is 14.6. The van der Waals surface area contributed by atoms with E-state index in [1.807, 2.05) is 0 Å². The first kappa shape index (κ1) is 22.5. The van der Waals surface area contributed by atoms with Crippen LogP contribution in [0.1, 0.15) is 48.8 Å². The zero-order chi connectivity index (χ0) is 23.3. The topological polar surface area (TPSA) is 44.1 Å². The van der Waals surface area contributed by atoms with Crippen molar-refractivity contribution in [3.8, 4) is 0 Å². The van der Waals surface area contributed by atoms with Gasteiger partial charge in [-0.15, -0.1) is 0 Å². The Morgan fingerprint density at radius 3 is 2.41 bits per heavy atom. The summed E-state index contributed by atoms with van der Waals surface area (Å²) >= 11 is 0. The van der Waals surface area contributed by atoms with E-state index in [0.717, 1.165) is 24.5 Å². The Hall–Kier alpha value is -2.67. The third kappa shape index (κ3) is 3.34. The van der Waals surface area contributed by atoms with Gasteiger partial charge in [-0.2, -0.15) is 13.2 Å². The number of ether oxygens (including phenoxy) is 1. The molecule has 0 aliphatic heterocycles. The first-order valence-corrected chi connectivity index (χ1v) is 10.7. The molecular weight excluding hydrogens is 417 g/mol. The van der Waals surface area contributed by atoms with Gasteiger partial charge in [0.1, 0.15) is 0 Å². The minimum atomic E-state index is -4.96. The molecule has 4 nitrogen and oxygen atoms in total. The highest BCUT2D eigenvalue weighted by Crippen LogP contribution is 2.46. The Morgan fingerprint density at radius 2 is 1.81 bits per heavy atom. The number of halogens is 3. The van der Waals surface area contributed by atoms with Crippen molar-refractivity contribution >= 4 is 16.8 Å². The molecule has 2 atom stereocenters. The van der Waals surface area contributed by atoms with Crippen LogP contribution in [0.15, 0.2) is 48.8 Å². The Morgan fingerprint density at radius 1 is 1.12 bits per heavy atom. The molecule has 0 amide bonds. The van der Waals surface area contributed by atoms with E-state index in [1.54, 1.807) is 18.3 Å². The number of aromatic nitrogens is 2. The highest BCUT2D eigenvalue weighted by atomic mass is 19.4. The standard InChI is InChI=1S/C25H27F3N2O2/c1-23(2,3)17-10-11-20-18(14-17)19-15-29-13-12-21(19)30(20)22(31)24(32-4,25(26,27)28)16-8-6-5-7-9-16/h5-9,12-13,15,17H,10-11,14H2,1-4H3/t17-,24-/m1/s1. The van der Waals surface area contributed by atoms with E-state index in [-0.39, 0.29) is 11.0 Å². The second kappa shape index (κ2) is 7.73. The van der Waals surface area contributed by atoms with Gasteiger partial charge >= 0.3 is 6.18 Å². The summed E-state index contributed by atoms with van der Waals surface area (Å²) in [5, 5.41) is 0.727. The normalized spacial score (nSPS) is 18.9. The fourth-order valence-corrected chi connectivity index (χ4v) is 4.93. The van der Waals surface area contributed by atoms with Gasteiger partial charge in [-0.05, 0) is 42.2 Å². The number of rotatable bonds is 3. The van der Waals surface area contributed by atoms with Crippen molar-refractivity contribution in [3.63, 3.8) is 0 Å². The van der Waals surface area contributed by atoms with Crippen molar-refractivity contribution in [1.82, 2.24) is 9.55 Å². The highest BCUT2D eigenvalue weighted by molar-refractivity contribution is 6.00. The number of fused-ring (bicyclic) bond motifs is 3. The SMILES string of the molecule is CO[C@@](C(=O)n1c2c(c3cnccc31)C[C@H](C(C)(C)C)CC2)(c1ccccc1)C(F)(F)F. The van der Waals surface area contributed by atoms with E-state index >= 15 is 0 Å². The lowest BCUT2D eigenvalue weighted by molar-refractivity contribution is -0.253. The number of benzene rings is 1. The molecular formula is C25H27F3N2O2. The fourth-order valence-electron chi connectivity index (χ4n) is 4.93. The molecule has 0 N–H and O–H groups in total. The van der Waals surface area contributed by atoms with Gasteiger partial charge in [0.15, 0.2) is 0 Å². The van der Waals surface area contributed by atoms with Gasteiger partial charge in [0, 0.05) is 36.1 Å². The molecule has 32 heavy (non-hydrogen) atoms. The molecule has 4 rings (SSSR count). The number of nitrogens with zero attached hydrogens (tertiary/aromatic N) is 2. The number of methoxy groups -OCH3 is 1. The second-order valence-electron chi connectivity index (χ2n) is 9.51. The number of alkyl halides is 3. The molecule has 170 valence electrons. The lowest BCUT2D eigenvalue weighted by Crippen LogP contribution is -2.53. The van der Waals surface area contributed by atoms with E-state index < -0.39 is 17.7 Å². The summed E-state index contributed by atoms with van der Waals surface area (Å²) in [5.41, 5.74) is -1.34. The van der Waals surface area contributed by atoms with Crippen molar-refractivity contribution < 1.29 is 22.7 Å². The summed E-state index contributed by atoms with van der Waals surface area (Å²) < 4.78 is 50.1. The van der Waals surface area contributed by atoms with E-state index in [2.05, 4.69) is 25.8 Å². The lowest BCUT2D eigenvalue weighted by Gasteiger charge is -2.36. The number of carbonyl (C=O) groups is 1. The Labute approximate surface area is 185 Å². The maximum Gasteiger partial charge on any atom is 0.431 e. The summed E-state index contributed by atoms with van der Waals surface area (Å²) in [4.78, 5) is 18.1. The van der Waals surface area contributed by atoms with Crippen molar-refractivity contribution in [2.75, 3.05) is 7.11 Å². The van der Waals surface area contributed by atoms with Crippen LogP contribution >= 0.6 is 0 Å². The third-order valence-electron chi connectivity index (χ3n) is 6.78. The molecule has 0 radical (unpaired) electrons. The van der Waals surface area contributed by atoms with Gasteiger partial charge in [-0.25, -0.2) is 0 Å². The van der Waals surface area contributed by atoms with Crippen molar-refractivity contribution in [2.45, 2.75) is 51.8 Å². The van der Waals surface area contributed by atoms with Crippen LogP contribution in [0.5, 0.6) is 0 Å². The van der Waals surface area contributed by atoms with Gasteiger partial charge in [0.05, 0.1) is 5.52 Å². The molecule has 0 spiro atoms. The summed E-state index contributed by atoms with van der Waals surface area (Å²) in [6, 6.07) is 8.73. The Balaban J connectivity index is 1.97. The average Bonchev–Trinajstić information content (AvgIpc) is 3.07. The van der Waals surface area contributed by atoms with E-state index in [4.69, 9.17) is 4.74 Å². The summed E-state index contributed by atoms with van der Waals surface area (Å²) in [7, 11) is 0.938. The molecule has 2 heterocycles. The van der Waals surface area contributed by atoms with Crippen LogP contribution in [0, 0.1) is 11.3 Å². The molecule has 0 unspecified atom stereocenters. The van der Waals surface area contributed by atoms with Gasteiger partial charge < -0.3 is 4.74 Å². The lowest BCUT2D eigenvalue weighted by atomic mass is 9.71. The molecule has 0 saturated carbocycles. The van der Waals surface area contributed by atoms with Gasteiger partial charge in [-0.3, -0.25) is 14.3 Å². The zero-order valence-electron chi connectivity index (χ0n) is 18.7. The van der Waals surface area contributed by atoms with Crippen LogP contribution in [0.4, 0.5) is 13.2 Å². The zero-order valence-corrected chi connectivity index (χ0v) is 18.7. The van der Waals surface area contributed by atoms with Crippen LogP contribution in [0.2, 0.25) is 0 Å². The smallest absolute Gasteiger partial charge is 0.356 e. The second-order valence-corrected chi connectivity index (χ2v) is 9.51. The van der Waals surface area contributed by atoms with Crippen LogP contribution in [-0.4, -0.2) is 28.7 Å². The van der Waals surface area contributed by atoms with Crippen LogP contribution in [0.25, 0.3) is 10.9 Å². The molecule has 3 aromatic rings. The minimum absolute atomic E-state index is 0.0463. The van der Waals surface area contributed by atoms with E-state index in [9.17, 15) is 18.0 Å². The monoisotopic (exact) mass is 444 g/mol. The molecule has 1 aliphatic rings. The van der Waals surface area contributed by atoms with Crippen LogP contribution in [-0.2, 0) is 23.2 Å². The largest absolute Gasteiger partial charge is 0.431 e. The quantitative estimate of drug-likeness (QED) is 0.503. The first-order valence-electron chi connectivity index (χ1n) is 10.7. The van der Waals surface area contributed by atoms with Gasteiger partial charge in [-0.1, -0.05) is 51.1 Å². The summed E-state index contributed by atoms with van der Waals surface area (Å²) in [5.74, 6) is -0.793. The van der Waals surface area contributed by atoms with Crippen molar-refractivity contribution in [3.05, 3.63) is 65.6 Å². The van der Waals surface area contributed by atoms with E-state index in [0.29, 0.717) is 30.0 Å². The molecule has 0 fully saturated rings. The average molecular weight is 444 g/mol. The predicted molar refractivity (Wildman–Crippen MR) is 117 cm³/mol. The molecule has 2 aromatic heterocycles. The summed E-state index contributed by atoms with van der Waals surface area (Å²) in [6.45, 7) is 6.50. The number of hydrogen-bond acceptors (Lipinski definition) is 3. The summed E-state index contributed by atoms with van der Waals surface area (Å²) in [6.07, 6.45) is 0.198. The van der Waals surface area contributed by atoms with Gasteiger partial charge in [0.25, 0.3) is 11.5 Å². The van der Waals surface area contributed by atoms with Crippen LogP contribution < -0.4 is 0 Å². The highest BCUT2D eigenvalue weighted by Gasteiger charge is 2.63. The van der Waals surface area contributed by atoms with E-state index in [1.165, 1.54) is 35.0 Å². The fraction of sp³-hybridized carbons (Fsp3) is 0.440. The molecule has 1 aromatic carbocycles. The molecule has 0 bridgehead atoms.